The summed E-state index contributed by atoms with van der Waals surface area (Å²) < 4.78 is 4.96. The van der Waals surface area contributed by atoms with E-state index in [9.17, 15) is 4.79 Å². The van der Waals surface area contributed by atoms with Crippen LogP contribution in [0.5, 0.6) is 5.88 Å². The Balaban J connectivity index is 1.74. The van der Waals surface area contributed by atoms with Crippen LogP contribution in [0.15, 0.2) is 54.9 Å². The molecule has 0 unspecified atom stereocenters. The van der Waals surface area contributed by atoms with E-state index in [1.54, 1.807) is 12.1 Å². The van der Waals surface area contributed by atoms with E-state index >= 15 is 0 Å². The van der Waals surface area contributed by atoms with Crippen LogP contribution in [0.25, 0.3) is 5.69 Å². The lowest BCUT2D eigenvalue weighted by Crippen LogP contribution is -2.13. The molecule has 0 aliphatic rings. The van der Waals surface area contributed by atoms with Gasteiger partial charge in [-0.25, -0.2) is 4.98 Å². The van der Waals surface area contributed by atoms with Crippen LogP contribution in [-0.2, 0) is 0 Å². The zero-order valence-corrected chi connectivity index (χ0v) is 11.8. The van der Waals surface area contributed by atoms with Crippen molar-refractivity contribution >= 4 is 11.6 Å². The number of methoxy groups -OCH3 is 1. The molecule has 2 heterocycles. The van der Waals surface area contributed by atoms with Gasteiger partial charge in [-0.1, -0.05) is 18.2 Å². The van der Waals surface area contributed by atoms with Crippen molar-refractivity contribution in [2.45, 2.75) is 0 Å². The fraction of sp³-hybridized carbons (Fsp3) is 0.0667. The average molecular weight is 295 g/mol. The Bertz CT molecular complexity index is 768. The smallest absolute Gasteiger partial charge is 0.277 e. The number of carbonyl (C=O) groups excluding carboxylic acids is 1. The standard InChI is InChI=1S/C15H13N5O2/c1-22-14-8-7-11(9-16-14)18-15(21)13-10-17-20(19-13)12-5-3-2-4-6-12/h2-10H,1H3,(H,18,21). The number of nitrogens with one attached hydrogen (secondary N) is 1. The summed E-state index contributed by atoms with van der Waals surface area (Å²) in [7, 11) is 1.53. The minimum Gasteiger partial charge on any atom is -0.481 e. The molecule has 0 saturated carbocycles. The van der Waals surface area contributed by atoms with Crippen molar-refractivity contribution in [2.75, 3.05) is 12.4 Å². The Kier molecular flexibility index (Phi) is 3.78. The first-order chi connectivity index (χ1) is 10.8. The minimum atomic E-state index is -0.353. The second kappa shape index (κ2) is 6.04. The molecule has 3 rings (SSSR count). The highest BCUT2D eigenvalue weighted by Crippen LogP contribution is 2.12. The molecule has 1 aromatic carbocycles. The number of rotatable bonds is 4. The molecule has 22 heavy (non-hydrogen) atoms. The highest BCUT2D eigenvalue weighted by atomic mass is 16.5. The van der Waals surface area contributed by atoms with Gasteiger partial charge in [0, 0.05) is 6.07 Å². The number of hydrogen-bond donors (Lipinski definition) is 1. The van der Waals surface area contributed by atoms with Gasteiger partial charge in [0.25, 0.3) is 5.91 Å². The molecule has 0 aliphatic heterocycles. The molecule has 0 spiro atoms. The fourth-order valence-corrected chi connectivity index (χ4v) is 1.82. The lowest BCUT2D eigenvalue weighted by atomic mass is 10.3. The van der Waals surface area contributed by atoms with Gasteiger partial charge in [0.15, 0.2) is 5.69 Å². The zero-order chi connectivity index (χ0) is 15.4. The van der Waals surface area contributed by atoms with Crippen LogP contribution in [0, 0.1) is 0 Å². The van der Waals surface area contributed by atoms with Crippen LogP contribution < -0.4 is 10.1 Å². The summed E-state index contributed by atoms with van der Waals surface area (Å²) in [5, 5.41) is 10.9. The van der Waals surface area contributed by atoms with Crippen molar-refractivity contribution in [3.05, 3.63) is 60.6 Å². The van der Waals surface area contributed by atoms with Gasteiger partial charge in [-0.15, -0.1) is 5.10 Å². The number of pyridine rings is 1. The number of nitrogens with zero attached hydrogens (tertiary/aromatic N) is 4. The minimum absolute atomic E-state index is 0.222. The second-order valence-corrected chi connectivity index (χ2v) is 4.40. The van der Waals surface area contributed by atoms with Gasteiger partial charge in [0.1, 0.15) is 0 Å². The summed E-state index contributed by atoms with van der Waals surface area (Å²) in [4.78, 5) is 17.5. The van der Waals surface area contributed by atoms with E-state index in [1.165, 1.54) is 24.3 Å². The third kappa shape index (κ3) is 2.93. The maximum Gasteiger partial charge on any atom is 0.277 e. The number of hydrogen-bond acceptors (Lipinski definition) is 5. The van der Waals surface area contributed by atoms with E-state index in [0.29, 0.717) is 11.6 Å². The Morgan fingerprint density at radius 3 is 2.64 bits per heavy atom. The number of anilines is 1. The van der Waals surface area contributed by atoms with Crippen molar-refractivity contribution in [1.29, 1.82) is 0 Å². The lowest BCUT2D eigenvalue weighted by Gasteiger charge is -2.03. The zero-order valence-electron chi connectivity index (χ0n) is 11.8. The first kappa shape index (κ1) is 13.7. The quantitative estimate of drug-likeness (QED) is 0.795. The van der Waals surface area contributed by atoms with Crippen LogP contribution >= 0.6 is 0 Å². The van der Waals surface area contributed by atoms with E-state index in [0.717, 1.165) is 5.69 Å². The topological polar surface area (TPSA) is 81.9 Å². The van der Waals surface area contributed by atoms with Gasteiger partial charge < -0.3 is 10.1 Å². The predicted molar refractivity (Wildman–Crippen MR) is 80.1 cm³/mol. The van der Waals surface area contributed by atoms with Crippen LogP contribution in [0.1, 0.15) is 10.5 Å². The molecule has 0 fully saturated rings. The molecule has 0 atom stereocenters. The first-order valence-corrected chi connectivity index (χ1v) is 6.55. The number of benzene rings is 1. The van der Waals surface area contributed by atoms with Crippen molar-refractivity contribution in [3.8, 4) is 11.6 Å². The Hall–Kier alpha value is -3.22. The van der Waals surface area contributed by atoms with E-state index < -0.39 is 0 Å². The number of aromatic nitrogens is 4. The normalized spacial score (nSPS) is 10.2. The Labute approximate surface area is 126 Å². The van der Waals surface area contributed by atoms with E-state index in [-0.39, 0.29) is 11.6 Å². The molecule has 0 bridgehead atoms. The van der Waals surface area contributed by atoms with Gasteiger partial charge >= 0.3 is 0 Å². The summed E-state index contributed by atoms with van der Waals surface area (Å²) in [6.45, 7) is 0. The molecule has 2 aromatic heterocycles. The number of carbonyl (C=O) groups is 1. The van der Waals surface area contributed by atoms with Crippen molar-refractivity contribution < 1.29 is 9.53 Å². The highest BCUT2D eigenvalue weighted by Gasteiger charge is 2.12. The van der Waals surface area contributed by atoms with Crippen LogP contribution in [0.3, 0.4) is 0 Å². The average Bonchev–Trinajstić information content (AvgIpc) is 3.06. The maximum absolute atomic E-state index is 12.1. The molecule has 1 amide bonds. The number of para-hydroxylation sites is 1. The summed E-state index contributed by atoms with van der Waals surface area (Å²) in [5.74, 6) is 0.127. The van der Waals surface area contributed by atoms with Crippen molar-refractivity contribution in [3.63, 3.8) is 0 Å². The highest BCUT2D eigenvalue weighted by molar-refractivity contribution is 6.02. The van der Waals surface area contributed by atoms with Crippen LogP contribution in [0.2, 0.25) is 0 Å². The predicted octanol–water partition coefficient (Wildman–Crippen LogP) is 1.92. The fourth-order valence-electron chi connectivity index (χ4n) is 1.82. The van der Waals surface area contributed by atoms with Gasteiger partial charge in [-0.05, 0) is 18.2 Å². The van der Waals surface area contributed by atoms with Crippen LogP contribution in [-0.4, -0.2) is 33.0 Å². The van der Waals surface area contributed by atoms with Gasteiger partial charge in [-0.2, -0.15) is 9.90 Å². The van der Waals surface area contributed by atoms with Crippen LogP contribution in [0.4, 0.5) is 5.69 Å². The molecular formula is C15H13N5O2. The summed E-state index contributed by atoms with van der Waals surface area (Å²) >= 11 is 0. The summed E-state index contributed by atoms with van der Waals surface area (Å²) in [5.41, 5.74) is 1.56. The summed E-state index contributed by atoms with van der Waals surface area (Å²) in [6.07, 6.45) is 2.93. The van der Waals surface area contributed by atoms with E-state index in [2.05, 4.69) is 20.5 Å². The molecule has 0 saturated heterocycles. The SMILES string of the molecule is COc1ccc(NC(=O)c2cnn(-c3ccccc3)n2)cn1. The monoisotopic (exact) mass is 295 g/mol. The Morgan fingerprint density at radius 1 is 1.14 bits per heavy atom. The van der Waals surface area contributed by atoms with E-state index in [4.69, 9.17) is 4.74 Å². The van der Waals surface area contributed by atoms with Gasteiger partial charge in [0.2, 0.25) is 5.88 Å². The van der Waals surface area contributed by atoms with Gasteiger partial charge in [-0.3, -0.25) is 4.79 Å². The third-order valence-electron chi connectivity index (χ3n) is 2.91. The molecular weight excluding hydrogens is 282 g/mol. The third-order valence-corrected chi connectivity index (χ3v) is 2.91. The Morgan fingerprint density at radius 2 is 1.95 bits per heavy atom. The molecule has 0 radical (unpaired) electrons. The molecule has 7 nitrogen and oxygen atoms in total. The second-order valence-electron chi connectivity index (χ2n) is 4.40. The first-order valence-electron chi connectivity index (χ1n) is 6.55. The lowest BCUT2D eigenvalue weighted by molar-refractivity contribution is 0.102. The summed E-state index contributed by atoms with van der Waals surface area (Å²) in [6, 6.07) is 12.7. The van der Waals surface area contributed by atoms with Crippen molar-refractivity contribution in [2.24, 2.45) is 0 Å². The molecule has 1 N–H and O–H groups in total. The largest absolute Gasteiger partial charge is 0.481 e. The maximum atomic E-state index is 12.1. The number of ether oxygens (including phenoxy) is 1. The molecule has 110 valence electrons. The molecule has 0 aliphatic carbocycles. The van der Waals surface area contributed by atoms with E-state index in [1.807, 2.05) is 30.3 Å². The van der Waals surface area contributed by atoms with Gasteiger partial charge in [0.05, 0.1) is 30.9 Å². The molecule has 3 aromatic rings. The molecule has 7 heteroatoms. The number of amides is 1. The van der Waals surface area contributed by atoms with Crippen molar-refractivity contribution in [1.82, 2.24) is 20.0 Å².